The van der Waals surface area contributed by atoms with Crippen molar-refractivity contribution in [1.82, 2.24) is 10.3 Å². The lowest BCUT2D eigenvalue weighted by molar-refractivity contribution is -0.141. The van der Waals surface area contributed by atoms with E-state index >= 15 is 0 Å². The van der Waals surface area contributed by atoms with Gasteiger partial charge >= 0.3 is 5.97 Å². The van der Waals surface area contributed by atoms with Crippen molar-refractivity contribution in [2.45, 2.75) is 12.5 Å². The van der Waals surface area contributed by atoms with Crippen LogP contribution in [0.3, 0.4) is 0 Å². The van der Waals surface area contributed by atoms with Crippen molar-refractivity contribution in [3.05, 3.63) is 51.7 Å². The highest BCUT2D eigenvalue weighted by Gasteiger charge is 2.23. The molecule has 1 N–H and O–H groups in total. The molecule has 0 bridgehead atoms. The predicted octanol–water partition coefficient (Wildman–Crippen LogP) is 3.92. The molecule has 152 valence electrons. The smallest absolute Gasteiger partial charge is 0.307 e. The Morgan fingerprint density at radius 2 is 1.93 bits per heavy atom. The van der Waals surface area contributed by atoms with Crippen LogP contribution in [0, 0.1) is 0 Å². The molecule has 0 aliphatic carbocycles. The first-order valence-corrected chi connectivity index (χ1v) is 10.4. The first-order chi connectivity index (χ1) is 14.1. The number of methoxy groups -OCH3 is 3. The summed E-state index contributed by atoms with van der Waals surface area (Å²) in [5.74, 6) is 0.376. The molecule has 3 rings (SSSR count). The number of para-hydroxylation sites is 1. The van der Waals surface area contributed by atoms with Crippen LogP contribution in [0.5, 0.6) is 11.5 Å². The lowest BCUT2D eigenvalue weighted by atomic mass is 10.1. The highest BCUT2D eigenvalue weighted by molar-refractivity contribution is 7.13. The molecule has 0 aliphatic rings. The van der Waals surface area contributed by atoms with Gasteiger partial charge in [-0.1, -0.05) is 12.1 Å². The van der Waals surface area contributed by atoms with Gasteiger partial charge in [0.25, 0.3) is 5.91 Å². The van der Waals surface area contributed by atoms with Gasteiger partial charge in [-0.2, -0.15) is 0 Å². The van der Waals surface area contributed by atoms with E-state index in [1.807, 2.05) is 29.6 Å². The van der Waals surface area contributed by atoms with Gasteiger partial charge in [-0.05, 0) is 23.6 Å². The van der Waals surface area contributed by atoms with E-state index in [-0.39, 0.29) is 18.0 Å². The van der Waals surface area contributed by atoms with Crippen LogP contribution in [-0.4, -0.2) is 38.2 Å². The average Bonchev–Trinajstić information content (AvgIpc) is 3.44. The molecular weight excluding hydrogens is 412 g/mol. The van der Waals surface area contributed by atoms with Crippen molar-refractivity contribution in [1.29, 1.82) is 0 Å². The van der Waals surface area contributed by atoms with E-state index < -0.39 is 12.0 Å². The molecule has 1 atom stereocenters. The Balaban J connectivity index is 1.83. The largest absolute Gasteiger partial charge is 0.493 e. The lowest BCUT2D eigenvalue weighted by Crippen LogP contribution is -2.30. The second kappa shape index (κ2) is 9.53. The molecule has 0 fully saturated rings. The Bertz CT molecular complexity index is 985. The van der Waals surface area contributed by atoms with E-state index in [1.54, 1.807) is 25.7 Å². The predicted molar refractivity (Wildman–Crippen MR) is 112 cm³/mol. The topological polar surface area (TPSA) is 86.8 Å². The maximum Gasteiger partial charge on any atom is 0.307 e. The second-order valence-electron chi connectivity index (χ2n) is 5.90. The third kappa shape index (κ3) is 4.75. The van der Waals surface area contributed by atoms with E-state index in [2.05, 4.69) is 10.3 Å². The highest BCUT2D eigenvalue weighted by atomic mass is 32.1. The summed E-state index contributed by atoms with van der Waals surface area (Å²) in [5, 5.41) is 7.07. The average molecular weight is 433 g/mol. The molecule has 0 aliphatic heterocycles. The summed E-state index contributed by atoms with van der Waals surface area (Å²) in [6.45, 7) is 0. The van der Waals surface area contributed by atoms with Crippen LogP contribution in [0.25, 0.3) is 10.6 Å². The Kier molecular flexibility index (Phi) is 6.84. The fraction of sp³-hybridized carbons (Fsp3) is 0.250. The number of hydrogen-bond acceptors (Lipinski definition) is 8. The quantitative estimate of drug-likeness (QED) is 0.543. The number of hydrogen-bond donors (Lipinski definition) is 1. The molecular formula is C20H20N2O5S2. The zero-order valence-electron chi connectivity index (χ0n) is 16.1. The summed E-state index contributed by atoms with van der Waals surface area (Å²) < 4.78 is 15.5. The second-order valence-corrected chi connectivity index (χ2v) is 7.74. The third-order valence-corrected chi connectivity index (χ3v) is 6.02. The number of amides is 1. The number of rotatable bonds is 8. The molecule has 0 unspecified atom stereocenters. The molecule has 7 nitrogen and oxygen atoms in total. The van der Waals surface area contributed by atoms with Crippen molar-refractivity contribution in [3.8, 4) is 22.1 Å². The fourth-order valence-electron chi connectivity index (χ4n) is 2.75. The standard InChI is InChI=1S/C20H20N2O5S2/c1-25-15-7-4-6-12(18(15)27-3)20-22-14(11-29-20)19(24)21-13(10-17(23)26-2)16-8-5-9-28-16/h4-9,11,13H,10H2,1-3H3,(H,21,24)/t13-/m1/s1. The van der Waals surface area contributed by atoms with Crippen LogP contribution >= 0.6 is 22.7 Å². The number of aromatic nitrogens is 1. The van der Waals surface area contributed by atoms with Crippen LogP contribution in [0.4, 0.5) is 0 Å². The van der Waals surface area contributed by atoms with Crippen LogP contribution < -0.4 is 14.8 Å². The summed E-state index contributed by atoms with van der Waals surface area (Å²) in [5.41, 5.74) is 1.00. The number of nitrogens with zero attached hydrogens (tertiary/aromatic N) is 1. The van der Waals surface area contributed by atoms with Crippen LogP contribution in [-0.2, 0) is 9.53 Å². The number of thiophene rings is 1. The van der Waals surface area contributed by atoms with Gasteiger partial charge in [0.2, 0.25) is 0 Å². The minimum atomic E-state index is -0.480. The summed E-state index contributed by atoms with van der Waals surface area (Å²) in [4.78, 5) is 29.8. The van der Waals surface area contributed by atoms with E-state index in [0.717, 1.165) is 10.4 Å². The van der Waals surface area contributed by atoms with Gasteiger partial charge in [0, 0.05) is 10.3 Å². The number of benzene rings is 1. The van der Waals surface area contributed by atoms with Gasteiger partial charge in [-0.15, -0.1) is 22.7 Å². The molecule has 0 radical (unpaired) electrons. The zero-order chi connectivity index (χ0) is 20.8. The van der Waals surface area contributed by atoms with Crippen molar-refractivity contribution < 1.29 is 23.8 Å². The van der Waals surface area contributed by atoms with Gasteiger partial charge in [-0.3, -0.25) is 9.59 Å². The van der Waals surface area contributed by atoms with Gasteiger partial charge in [0.15, 0.2) is 11.5 Å². The third-order valence-electron chi connectivity index (χ3n) is 4.16. The monoisotopic (exact) mass is 432 g/mol. The number of esters is 1. The maximum atomic E-state index is 12.8. The molecule has 2 aromatic heterocycles. The molecule has 3 aromatic rings. The number of nitrogens with one attached hydrogen (secondary N) is 1. The van der Waals surface area contributed by atoms with E-state index in [9.17, 15) is 9.59 Å². The zero-order valence-corrected chi connectivity index (χ0v) is 17.8. The van der Waals surface area contributed by atoms with Crippen LogP contribution in [0.1, 0.15) is 27.8 Å². The summed E-state index contributed by atoms with van der Waals surface area (Å²) in [6.07, 6.45) is 0.0451. The van der Waals surface area contributed by atoms with Gasteiger partial charge in [0.1, 0.15) is 10.7 Å². The minimum Gasteiger partial charge on any atom is -0.493 e. The molecule has 1 amide bonds. The van der Waals surface area contributed by atoms with E-state index in [1.165, 1.54) is 29.8 Å². The van der Waals surface area contributed by atoms with Crippen LogP contribution in [0.2, 0.25) is 0 Å². The van der Waals surface area contributed by atoms with Crippen molar-refractivity contribution in [2.75, 3.05) is 21.3 Å². The summed E-state index contributed by atoms with van der Waals surface area (Å²) in [7, 11) is 4.44. The fourth-order valence-corrected chi connectivity index (χ4v) is 4.35. The molecule has 29 heavy (non-hydrogen) atoms. The molecule has 0 spiro atoms. The molecule has 0 saturated heterocycles. The maximum absolute atomic E-state index is 12.8. The summed E-state index contributed by atoms with van der Waals surface area (Å²) >= 11 is 2.79. The Labute approximate surface area is 176 Å². The highest BCUT2D eigenvalue weighted by Crippen LogP contribution is 2.39. The molecule has 0 saturated carbocycles. The number of carbonyl (C=O) groups is 2. The van der Waals surface area contributed by atoms with E-state index in [0.29, 0.717) is 16.5 Å². The first kappa shape index (κ1) is 20.8. The Hall–Kier alpha value is -2.91. The Morgan fingerprint density at radius 3 is 2.59 bits per heavy atom. The van der Waals surface area contributed by atoms with Gasteiger partial charge in [0.05, 0.1) is 39.4 Å². The van der Waals surface area contributed by atoms with E-state index in [4.69, 9.17) is 14.2 Å². The van der Waals surface area contributed by atoms with Crippen molar-refractivity contribution in [3.63, 3.8) is 0 Å². The van der Waals surface area contributed by atoms with Crippen molar-refractivity contribution >= 4 is 34.6 Å². The number of ether oxygens (including phenoxy) is 3. The normalized spacial score (nSPS) is 11.6. The minimum absolute atomic E-state index is 0.0451. The SMILES string of the molecule is COC(=O)C[C@@H](NC(=O)c1csc(-c2cccc(OC)c2OC)n1)c1cccs1. The lowest BCUT2D eigenvalue weighted by Gasteiger charge is -2.15. The number of carbonyl (C=O) groups excluding carboxylic acids is 2. The van der Waals surface area contributed by atoms with Crippen LogP contribution in [0.15, 0.2) is 41.1 Å². The van der Waals surface area contributed by atoms with Gasteiger partial charge < -0.3 is 19.5 Å². The Morgan fingerprint density at radius 1 is 1.10 bits per heavy atom. The van der Waals surface area contributed by atoms with Gasteiger partial charge in [-0.25, -0.2) is 4.98 Å². The van der Waals surface area contributed by atoms with Crippen molar-refractivity contribution in [2.24, 2.45) is 0 Å². The first-order valence-electron chi connectivity index (χ1n) is 8.65. The summed E-state index contributed by atoms with van der Waals surface area (Å²) in [6, 6.07) is 8.74. The number of thiazole rings is 1. The molecule has 9 heteroatoms. The molecule has 1 aromatic carbocycles. The molecule has 2 heterocycles.